The van der Waals surface area contributed by atoms with Crippen LogP contribution in [0.4, 0.5) is 4.39 Å². The second kappa shape index (κ2) is 8.73. The third kappa shape index (κ3) is 4.45. The molecule has 0 radical (unpaired) electrons. The molecule has 1 aromatic heterocycles. The molecule has 1 amide bonds. The number of methoxy groups -OCH3 is 1. The number of halogens is 1. The third-order valence-corrected chi connectivity index (χ3v) is 4.60. The molecule has 4 rings (SSSR count). The van der Waals surface area contributed by atoms with Crippen molar-refractivity contribution >= 4 is 11.6 Å². The van der Waals surface area contributed by atoms with Crippen molar-refractivity contribution in [1.82, 2.24) is 15.5 Å². The summed E-state index contributed by atoms with van der Waals surface area (Å²) in [5.74, 6) is 0.772. The van der Waals surface area contributed by atoms with Gasteiger partial charge in [-0.05, 0) is 30.3 Å². The summed E-state index contributed by atoms with van der Waals surface area (Å²) in [6.45, 7) is 0.318. The maximum absolute atomic E-state index is 13.0. The predicted molar refractivity (Wildman–Crippen MR) is 105 cm³/mol. The van der Waals surface area contributed by atoms with Gasteiger partial charge in [-0.2, -0.15) is 4.98 Å². The van der Waals surface area contributed by atoms with E-state index < -0.39 is 0 Å². The Bertz CT molecular complexity index is 1060. The van der Waals surface area contributed by atoms with E-state index in [0.717, 1.165) is 5.56 Å². The van der Waals surface area contributed by atoms with Crippen LogP contribution in [0, 0.1) is 5.82 Å². The number of nitrogens with one attached hydrogen (secondary N) is 1. The fourth-order valence-corrected chi connectivity index (χ4v) is 3.05. The van der Waals surface area contributed by atoms with Crippen molar-refractivity contribution in [3.05, 3.63) is 65.7 Å². The number of nitrogens with zero attached hydrogens (tertiary/aromatic N) is 3. The van der Waals surface area contributed by atoms with Gasteiger partial charge in [0.15, 0.2) is 5.82 Å². The van der Waals surface area contributed by atoms with Gasteiger partial charge in [-0.15, -0.1) is 0 Å². The summed E-state index contributed by atoms with van der Waals surface area (Å²) in [6.07, 6.45) is 0.297. The van der Waals surface area contributed by atoms with Crippen LogP contribution < -0.4 is 10.1 Å². The zero-order valence-corrected chi connectivity index (χ0v) is 16.2. The van der Waals surface area contributed by atoms with E-state index in [4.69, 9.17) is 14.1 Å². The number of rotatable bonds is 7. The lowest BCUT2D eigenvalue weighted by atomic mass is 10.1. The van der Waals surface area contributed by atoms with Crippen LogP contribution in [0.3, 0.4) is 0 Å². The Balaban J connectivity index is 1.30. The van der Waals surface area contributed by atoms with Crippen LogP contribution in [-0.4, -0.2) is 35.0 Å². The lowest BCUT2D eigenvalue weighted by molar-refractivity contribution is -0.115. The summed E-state index contributed by atoms with van der Waals surface area (Å²) >= 11 is 0. The van der Waals surface area contributed by atoms with Crippen LogP contribution in [-0.2, 0) is 22.6 Å². The van der Waals surface area contributed by atoms with Crippen LogP contribution in [0.25, 0.3) is 11.5 Å². The van der Waals surface area contributed by atoms with Crippen molar-refractivity contribution in [1.29, 1.82) is 0 Å². The Morgan fingerprint density at radius 2 is 2.03 bits per heavy atom. The summed E-state index contributed by atoms with van der Waals surface area (Å²) < 4.78 is 23.5. The van der Waals surface area contributed by atoms with Gasteiger partial charge in [0.1, 0.15) is 23.4 Å². The summed E-state index contributed by atoms with van der Waals surface area (Å²) in [5.41, 5.74) is 1.79. The SMILES string of the molecule is COc1ccccc1CNC(=O)C1=NO[C@H](Cc2noc(-c3ccc(F)cc3)n2)C1. The monoisotopic (exact) mass is 410 g/mol. The van der Waals surface area contributed by atoms with Gasteiger partial charge in [-0.3, -0.25) is 4.79 Å². The molecule has 0 spiro atoms. The quantitative estimate of drug-likeness (QED) is 0.643. The predicted octanol–water partition coefficient (Wildman–Crippen LogP) is 2.89. The Morgan fingerprint density at radius 1 is 1.23 bits per heavy atom. The van der Waals surface area contributed by atoms with Crippen molar-refractivity contribution in [2.45, 2.75) is 25.5 Å². The highest BCUT2D eigenvalue weighted by molar-refractivity contribution is 6.39. The standard InChI is InChI=1S/C21H19FN4O4/c1-28-18-5-3-2-4-14(18)12-23-20(27)17-10-16(29-25-17)11-19-24-21(30-26-19)13-6-8-15(22)9-7-13/h2-9,16H,10-12H2,1H3,(H,23,27)/t16-/m0/s1. The zero-order chi connectivity index (χ0) is 20.9. The topological polar surface area (TPSA) is 98.8 Å². The average molecular weight is 410 g/mol. The molecule has 30 heavy (non-hydrogen) atoms. The Kier molecular flexibility index (Phi) is 5.69. The third-order valence-electron chi connectivity index (χ3n) is 4.60. The largest absolute Gasteiger partial charge is 0.496 e. The molecular formula is C21H19FN4O4. The second-order valence-electron chi connectivity index (χ2n) is 6.69. The highest BCUT2D eigenvalue weighted by atomic mass is 19.1. The molecule has 0 aliphatic carbocycles. The molecule has 2 heterocycles. The van der Waals surface area contributed by atoms with E-state index in [0.29, 0.717) is 48.1 Å². The Labute approximate surface area is 171 Å². The van der Waals surface area contributed by atoms with Gasteiger partial charge in [0, 0.05) is 24.1 Å². The summed E-state index contributed by atoms with van der Waals surface area (Å²) in [4.78, 5) is 22.0. The van der Waals surface area contributed by atoms with Gasteiger partial charge in [-0.1, -0.05) is 28.5 Å². The van der Waals surface area contributed by atoms with Gasteiger partial charge < -0.3 is 19.4 Å². The summed E-state index contributed by atoms with van der Waals surface area (Å²) in [5, 5.41) is 10.6. The minimum atomic E-state index is -0.365. The first-order valence-corrected chi connectivity index (χ1v) is 9.33. The van der Waals surface area contributed by atoms with E-state index in [2.05, 4.69) is 20.6 Å². The second-order valence-corrected chi connectivity index (χ2v) is 6.69. The first kappa shape index (κ1) is 19.6. The van der Waals surface area contributed by atoms with Crippen molar-refractivity contribution in [2.24, 2.45) is 5.16 Å². The molecule has 3 aromatic rings. The number of para-hydroxylation sites is 1. The highest BCUT2D eigenvalue weighted by Crippen LogP contribution is 2.20. The number of carbonyl (C=O) groups excluding carboxylic acids is 1. The summed E-state index contributed by atoms with van der Waals surface area (Å²) in [6, 6.07) is 13.2. The van der Waals surface area contributed by atoms with Crippen molar-refractivity contribution in [2.75, 3.05) is 7.11 Å². The van der Waals surface area contributed by atoms with Gasteiger partial charge in [0.05, 0.1) is 13.5 Å². The molecule has 1 aliphatic heterocycles. The first-order chi connectivity index (χ1) is 14.6. The molecule has 0 bridgehead atoms. The number of carbonyl (C=O) groups is 1. The molecule has 8 nitrogen and oxygen atoms in total. The average Bonchev–Trinajstić information content (AvgIpc) is 3.43. The van der Waals surface area contributed by atoms with E-state index in [1.165, 1.54) is 12.1 Å². The molecule has 1 atom stereocenters. The number of aromatic nitrogens is 2. The van der Waals surface area contributed by atoms with Crippen molar-refractivity contribution in [3.63, 3.8) is 0 Å². The molecule has 2 aromatic carbocycles. The molecule has 1 aliphatic rings. The van der Waals surface area contributed by atoms with Crippen LogP contribution in [0.15, 0.2) is 58.2 Å². The molecule has 0 saturated heterocycles. The number of ether oxygens (including phenoxy) is 1. The van der Waals surface area contributed by atoms with Crippen LogP contribution in [0.1, 0.15) is 17.8 Å². The first-order valence-electron chi connectivity index (χ1n) is 9.33. The van der Waals surface area contributed by atoms with E-state index in [1.807, 2.05) is 24.3 Å². The Morgan fingerprint density at radius 3 is 2.83 bits per heavy atom. The molecule has 0 unspecified atom stereocenters. The van der Waals surface area contributed by atoms with Gasteiger partial charge in [0.2, 0.25) is 0 Å². The van der Waals surface area contributed by atoms with E-state index in [9.17, 15) is 9.18 Å². The minimum Gasteiger partial charge on any atom is -0.496 e. The van der Waals surface area contributed by atoms with Crippen molar-refractivity contribution in [3.8, 4) is 17.2 Å². The number of oxime groups is 1. The van der Waals surface area contributed by atoms with E-state index in [-0.39, 0.29) is 17.8 Å². The Hall–Kier alpha value is -3.75. The lowest BCUT2D eigenvalue weighted by Gasteiger charge is -2.09. The maximum Gasteiger partial charge on any atom is 0.269 e. The fourth-order valence-electron chi connectivity index (χ4n) is 3.05. The van der Waals surface area contributed by atoms with Crippen LogP contribution in [0.2, 0.25) is 0 Å². The van der Waals surface area contributed by atoms with Gasteiger partial charge in [-0.25, -0.2) is 4.39 Å². The van der Waals surface area contributed by atoms with Crippen molar-refractivity contribution < 1.29 is 23.3 Å². The lowest BCUT2D eigenvalue weighted by Crippen LogP contribution is -2.30. The number of benzene rings is 2. The highest BCUT2D eigenvalue weighted by Gasteiger charge is 2.28. The summed E-state index contributed by atoms with van der Waals surface area (Å²) in [7, 11) is 1.58. The molecule has 0 saturated carbocycles. The van der Waals surface area contributed by atoms with Gasteiger partial charge >= 0.3 is 0 Å². The number of hydrogen-bond acceptors (Lipinski definition) is 7. The van der Waals surface area contributed by atoms with Gasteiger partial charge in [0.25, 0.3) is 11.8 Å². The van der Waals surface area contributed by atoms with E-state index in [1.54, 1.807) is 19.2 Å². The maximum atomic E-state index is 13.0. The zero-order valence-electron chi connectivity index (χ0n) is 16.2. The van der Waals surface area contributed by atoms with Crippen LogP contribution in [0.5, 0.6) is 5.75 Å². The molecular weight excluding hydrogens is 391 g/mol. The van der Waals surface area contributed by atoms with Crippen LogP contribution >= 0.6 is 0 Å². The smallest absolute Gasteiger partial charge is 0.269 e. The minimum absolute atomic E-state index is 0.290. The number of hydrogen-bond donors (Lipinski definition) is 1. The molecule has 1 N–H and O–H groups in total. The fraction of sp³-hybridized carbons (Fsp3) is 0.238. The molecule has 154 valence electrons. The normalized spacial score (nSPS) is 15.4. The van der Waals surface area contributed by atoms with E-state index >= 15 is 0 Å². The number of amides is 1. The molecule has 9 heteroatoms. The molecule has 0 fully saturated rings.